The first kappa shape index (κ1) is 33.7. The van der Waals surface area contributed by atoms with Crippen molar-refractivity contribution in [3.63, 3.8) is 0 Å². The number of nitrogens with zero attached hydrogens (tertiary/aromatic N) is 1. The lowest BCUT2D eigenvalue weighted by molar-refractivity contribution is 1.28. The van der Waals surface area contributed by atoms with E-state index in [1.165, 1.54) is 38.6 Å². The van der Waals surface area contributed by atoms with Gasteiger partial charge in [0.2, 0.25) is 0 Å². The Morgan fingerprint density at radius 2 is 0.778 bits per heavy atom. The standard InChI is InChI=1S/C48H28B5N/c49-44-43(45(50)47(52)48(53)46(44)51)34-17-24-39(25-18-34)54(37-20-13-30(14-21-37)29-7-3-1-4-8-29)38-22-15-31(16-23-38)36-27-35-12-11-33-19-26-40(41(28-36)42(33)35)32-9-5-2-6-10-32/h1-28H. The van der Waals surface area contributed by atoms with Crippen LogP contribution >= 0.6 is 0 Å². The summed E-state index contributed by atoms with van der Waals surface area (Å²) in [6.45, 7) is 0. The molecule has 0 bridgehead atoms. The minimum Gasteiger partial charge on any atom is -0.311 e. The van der Waals surface area contributed by atoms with Crippen molar-refractivity contribution in [3.05, 3.63) is 169 Å². The minimum atomic E-state index is 0.199. The topological polar surface area (TPSA) is 3.24 Å². The molecule has 0 spiro atoms. The lowest BCUT2D eigenvalue weighted by atomic mass is 9.60. The molecule has 8 aromatic carbocycles. The van der Waals surface area contributed by atoms with Crippen LogP contribution in [0.25, 0.3) is 67.4 Å². The van der Waals surface area contributed by atoms with E-state index in [1.807, 2.05) is 18.2 Å². The second-order valence-corrected chi connectivity index (χ2v) is 13.7. The number of hydrogen-bond acceptors (Lipinski definition) is 1. The molecule has 0 N–H and O–H groups in total. The molecule has 0 unspecified atom stereocenters. The van der Waals surface area contributed by atoms with E-state index in [1.54, 1.807) is 0 Å². The molecule has 0 heterocycles. The highest BCUT2D eigenvalue weighted by molar-refractivity contribution is 6.68. The maximum atomic E-state index is 6.42. The molecule has 9 rings (SSSR count). The van der Waals surface area contributed by atoms with E-state index in [-0.39, 0.29) is 16.4 Å². The molecule has 6 heteroatoms. The molecule has 8 aromatic rings. The Morgan fingerprint density at radius 3 is 1.33 bits per heavy atom. The molecular weight excluding hydrogens is 645 g/mol. The maximum Gasteiger partial charge on any atom is 0.113 e. The highest BCUT2D eigenvalue weighted by Gasteiger charge is 2.18. The first-order chi connectivity index (χ1) is 26.4. The van der Waals surface area contributed by atoms with Gasteiger partial charge in [0, 0.05) is 17.1 Å². The van der Waals surface area contributed by atoms with Gasteiger partial charge in [-0.3, -0.25) is 0 Å². The summed E-state index contributed by atoms with van der Waals surface area (Å²) in [7, 11) is 31.3. The van der Waals surface area contributed by atoms with Crippen LogP contribution in [0.4, 0.5) is 17.1 Å². The van der Waals surface area contributed by atoms with Gasteiger partial charge in [-0.1, -0.05) is 132 Å². The van der Waals surface area contributed by atoms with Crippen LogP contribution in [0.1, 0.15) is 11.1 Å². The van der Waals surface area contributed by atoms with Crippen LogP contribution in [0.15, 0.2) is 158 Å². The van der Waals surface area contributed by atoms with Gasteiger partial charge in [-0.05, 0) is 115 Å². The average Bonchev–Trinajstić information content (AvgIpc) is 3.65. The molecule has 10 radical (unpaired) electrons. The Kier molecular flexibility index (Phi) is 8.55. The van der Waals surface area contributed by atoms with Crippen molar-refractivity contribution in [2.75, 3.05) is 4.90 Å². The predicted molar refractivity (Wildman–Crippen MR) is 236 cm³/mol. The van der Waals surface area contributed by atoms with Crippen molar-refractivity contribution in [2.45, 2.75) is 0 Å². The maximum absolute atomic E-state index is 6.42. The molecular formula is C48H28B5N. The van der Waals surface area contributed by atoms with Gasteiger partial charge in [-0.25, -0.2) is 0 Å². The summed E-state index contributed by atoms with van der Waals surface area (Å²) in [4.78, 5) is 2.24. The first-order valence-corrected chi connectivity index (χ1v) is 17.9. The fraction of sp³-hybridized carbons (Fsp3) is 0. The molecule has 1 aliphatic carbocycles. The van der Waals surface area contributed by atoms with Crippen LogP contribution in [-0.4, -0.2) is 39.2 Å². The van der Waals surface area contributed by atoms with E-state index in [0.29, 0.717) is 16.5 Å². The highest BCUT2D eigenvalue weighted by Crippen LogP contribution is 2.42. The normalized spacial score (nSPS) is 11.6. The van der Waals surface area contributed by atoms with Gasteiger partial charge < -0.3 is 4.90 Å². The van der Waals surface area contributed by atoms with E-state index >= 15 is 0 Å². The summed E-state index contributed by atoms with van der Waals surface area (Å²) in [5, 5.41) is 2.56. The van der Waals surface area contributed by atoms with Gasteiger partial charge in [0.05, 0.1) is 0 Å². The van der Waals surface area contributed by atoms with Crippen molar-refractivity contribution in [3.8, 4) is 44.5 Å². The zero-order valence-corrected chi connectivity index (χ0v) is 29.5. The first-order valence-electron chi connectivity index (χ1n) is 17.9. The van der Waals surface area contributed by atoms with Crippen molar-refractivity contribution in [1.82, 2.24) is 0 Å². The van der Waals surface area contributed by atoms with Gasteiger partial charge in [0.15, 0.2) is 0 Å². The van der Waals surface area contributed by atoms with Gasteiger partial charge in [-0.2, -0.15) is 0 Å². The molecule has 1 nitrogen and oxygen atoms in total. The monoisotopic (exact) mass is 673 g/mol. The zero-order chi connectivity index (χ0) is 36.9. The third kappa shape index (κ3) is 5.83. The van der Waals surface area contributed by atoms with Crippen LogP contribution in [-0.2, 0) is 0 Å². The molecule has 0 saturated heterocycles. The van der Waals surface area contributed by atoms with Gasteiger partial charge in [-0.15, -0.1) is 16.4 Å². The molecule has 0 atom stereocenters. The number of benzene rings is 8. The molecule has 0 amide bonds. The molecule has 0 saturated carbocycles. The fourth-order valence-corrected chi connectivity index (χ4v) is 7.65. The third-order valence-electron chi connectivity index (χ3n) is 10.5. The molecule has 54 heavy (non-hydrogen) atoms. The van der Waals surface area contributed by atoms with Crippen LogP contribution in [0.3, 0.4) is 0 Å². The Balaban J connectivity index is 1.12. The lowest BCUT2D eigenvalue weighted by Gasteiger charge is -2.27. The van der Waals surface area contributed by atoms with Crippen molar-refractivity contribution >= 4 is 107 Å². The van der Waals surface area contributed by atoms with Gasteiger partial charge in [0.1, 0.15) is 39.2 Å². The Hall–Kier alpha value is -6.12. The second-order valence-electron chi connectivity index (χ2n) is 13.7. The van der Waals surface area contributed by atoms with Crippen LogP contribution in [0.5, 0.6) is 0 Å². The summed E-state index contributed by atoms with van der Waals surface area (Å²) in [6, 6.07) is 55.6. The average molecular weight is 673 g/mol. The van der Waals surface area contributed by atoms with Gasteiger partial charge >= 0.3 is 0 Å². The smallest absolute Gasteiger partial charge is 0.113 e. The zero-order valence-electron chi connectivity index (χ0n) is 29.5. The SMILES string of the molecule is [B]c1c([B])c([B])c(-c2ccc(N(c3ccc(-c4ccccc4)cc3)c3ccc(-c4cc5c6c(ccc(-c7ccccc7)c6c4)C=C5)cc3)cc2)c([B])c1[B]. The van der Waals surface area contributed by atoms with E-state index in [4.69, 9.17) is 39.2 Å². The molecule has 1 aliphatic rings. The van der Waals surface area contributed by atoms with Crippen LogP contribution < -0.4 is 32.2 Å². The second kappa shape index (κ2) is 13.7. The predicted octanol–water partition coefficient (Wildman–Crippen LogP) is 7.43. The summed E-state index contributed by atoms with van der Waals surface area (Å²) >= 11 is 0. The summed E-state index contributed by atoms with van der Waals surface area (Å²) in [5.41, 5.74) is 15.2. The highest BCUT2D eigenvalue weighted by atomic mass is 15.1. The largest absolute Gasteiger partial charge is 0.311 e. The summed E-state index contributed by atoms with van der Waals surface area (Å²) in [5.74, 6) is 0. The number of hydrogen-bond donors (Lipinski definition) is 0. The molecule has 0 aromatic heterocycles. The van der Waals surface area contributed by atoms with E-state index in [2.05, 4.69) is 157 Å². The van der Waals surface area contributed by atoms with E-state index < -0.39 is 0 Å². The molecule has 0 fully saturated rings. The number of rotatable bonds is 7. The minimum absolute atomic E-state index is 0.199. The quantitative estimate of drug-likeness (QED) is 0.159. The molecule has 0 aliphatic heterocycles. The Morgan fingerprint density at radius 1 is 0.333 bits per heavy atom. The lowest BCUT2D eigenvalue weighted by Crippen LogP contribution is -2.55. The Bertz CT molecular complexity index is 2690. The van der Waals surface area contributed by atoms with E-state index in [0.717, 1.165) is 39.3 Å². The third-order valence-corrected chi connectivity index (χ3v) is 10.5. The van der Waals surface area contributed by atoms with E-state index in [9.17, 15) is 0 Å². The summed E-state index contributed by atoms with van der Waals surface area (Å²) in [6.07, 6.45) is 4.44. The molecule has 240 valence electrons. The van der Waals surface area contributed by atoms with Crippen LogP contribution in [0.2, 0.25) is 0 Å². The van der Waals surface area contributed by atoms with Crippen molar-refractivity contribution < 1.29 is 0 Å². The van der Waals surface area contributed by atoms with Gasteiger partial charge in [0.25, 0.3) is 0 Å². The van der Waals surface area contributed by atoms with Crippen LogP contribution in [0, 0.1) is 0 Å². The Labute approximate surface area is 323 Å². The van der Waals surface area contributed by atoms with Crippen molar-refractivity contribution in [2.24, 2.45) is 0 Å². The number of anilines is 3. The van der Waals surface area contributed by atoms with Crippen molar-refractivity contribution in [1.29, 1.82) is 0 Å². The fourth-order valence-electron chi connectivity index (χ4n) is 7.65. The summed E-state index contributed by atoms with van der Waals surface area (Å²) < 4.78 is 0.